The monoisotopic (exact) mass is 347 g/mol. The van der Waals surface area contributed by atoms with Gasteiger partial charge in [0.2, 0.25) is 5.91 Å². The molecular weight excluding hydrogens is 333 g/mol. The van der Waals surface area contributed by atoms with E-state index >= 15 is 0 Å². The fourth-order valence-electron chi connectivity index (χ4n) is 3.60. The number of nitrogens with one attached hydrogen (secondary N) is 2. The molecule has 1 aliphatic rings. The largest absolute Gasteiger partial charge is 0.326 e. The molecule has 128 valence electrons. The molecular formula is C19H14FN5O. The van der Waals surface area contributed by atoms with Crippen molar-refractivity contribution < 1.29 is 9.18 Å². The molecule has 1 atom stereocenters. The predicted octanol–water partition coefficient (Wildman–Crippen LogP) is 3.36. The van der Waals surface area contributed by atoms with Gasteiger partial charge in [-0.25, -0.2) is 9.07 Å². The molecule has 1 aliphatic heterocycles. The first-order chi connectivity index (χ1) is 12.7. The van der Waals surface area contributed by atoms with Crippen LogP contribution in [0.2, 0.25) is 0 Å². The maximum atomic E-state index is 14.1. The van der Waals surface area contributed by atoms with Crippen LogP contribution in [0.5, 0.6) is 0 Å². The highest BCUT2D eigenvalue weighted by Crippen LogP contribution is 2.41. The van der Waals surface area contributed by atoms with Gasteiger partial charge in [-0.15, -0.1) is 0 Å². The summed E-state index contributed by atoms with van der Waals surface area (Å²) >= 11 is 0. The summed E-state index contributed by atoms with van der Waals surface area (Å²) in [5.41, 5.74) is 3.99. The predicted molar refractivity (Wildman–Crippen MR) is 94.7 cm³/mol. The van der Waals surface area contributed by atoms with Crippen molar-refractivity contribution in [2.45, 2.75) is 12.3 Å². The first-order valence-electron chi connectivity index (χ1n) is 8.25. The second kappa shape index (κ2) is 5.52. The van der Waals surface area contributed by atoms with Crippen molar-refractivity contribution in [1.82, 2.24) is 20.0 Å². The van der Waals surface area contributed by atoms with Gasteiger partial charge in [0.15, 0.2) is 0 Å². The van der Waals surface area contributed by atoms with Gasteiger partial charge in [-0.1, -0.05) is 0 Å². The van der Waals surface area contributed by atoms with Crippen LogP contribution in [0.1, 0.15) is 23.5 Å². The molecule has 4 aromatic rings. The maximum Gasteiger partial charge on any atom is 0.225 e. The van der Waals surface area contributed by atoms with E-state index in [9.17, 15) is 9.18 Å². The van der Waals surface area contributed by atoms with Gasteiger partial charge in [-0.2, -0.15) is 10.2 Å². The van der Waals surface area contributed by atoms with Crippen LogP contribution < -0.4 is 5.32 Å². The summed E-state index contributed by atoms with van der Waals surface area (Å²) in [6, 6.07) is 10.3. The molecule has 2 N–H and O–H groups in total. The molecule has 7 heteroatoms. The quantitative estimate of drug-likeness (QED) is 0.584. The second-order valence-electron chi connectivity index (χ2n) is 6.36. The van der Waals surface area contributed by atoms with Crippen LogP contribution >= 0.6 is 0 Å². The van der Waals surface area contributed by atoms with Crippen LogP contribution in [-0.4, -0.2) is 25.9 Å². The van der Waals surface area contributed by atoms with Crippen molar-refractivity contribution >= 4 is 22.5 Å². The number of hydrogen-bond acceptors (Lipinski definition) is 3. The van der Waals surface area contributed by atoms with Gasteiger partial charge in [0.25, 0.3) is 0 Å². The Morgan fingerprint density at radius 1 is 1.19 bits per heavy atom. The molecule has 3 heterocycles. The fourth-order valence-corrected chi connectivity index (χ4v) is 3.60. The molecule has 0 bridgehead atoms. The third kappa shape index (κ3) is 2.28. The molecule has 6 nitrogen and oxygen atoms in total. The fraction of sp³-hybridized carbons (Fsp3) is 0.105. The van der Waals surface area contributed by atoms with Crippen LogP contribution in [0.25, 0.3) is 16.6 Å². The van der Waals surface area contributed by atoms with Gasteiger partial charge in [0.1, 0.15) is 5.82 Å². The first-order valence-corrected chi connectivity index (χ1v) is 8.25. The first kappa shape index (κ1) is 14.8. The molecule has 0 saturated heterocycles. The molecule has 5 rings (SSSR count). The third-order valence-electron chi connectivity index (χ3n) is 4.77. The van der Waals surface area contributed by atoms with Crippen molar-refractivity contribution in [3.8, 4) is 5.69 Å². The molecule has 0 saturated carbocycles. The van der Waals surface area contributed by atoms with Crippen molar-refractivity contribution in [3.63, 3.8) is 0 Å². The van der Waals surface area contributed by atoms with E-state index < -0.39 is 0 Å². The van der Waals surface area contributed by atoms with E-state index in [2.05, 4.69) is 20.6 Å². The number of fused-ring (bicyclic) bond motifs is 2. The smallest absolute Gasteiger partial charge is 0.225 e. The van der Waals surface area contributed by atoms with E-state index in [-0.39, 0.29) is 24.1 Å². The highest BCUT2D eigenvalue weighted by Gasteiger charge is 2.29. The van der Waals surface area contributed by atoms with Crippen LogP contribution in [0.15, 0.2) is 55.0 Å². The maximum absolute atomic E-state index is 14.1. The average Bonchev–Trinajstić information content (AvgIpc) is 3.30. The van der Waals surface area contributed by atoms with Crippen molar-refractivity contribution in [2.24, 2.45) is 0 Å². The highest BCUT2D eigenvalue weighted by atomic mass is 19.1. The zero-order valence-corrected chi connectivity index (χ0v) is 13.6. The lowest BCUT2D eigenvalue weighted by Gasteiger charge is -2.27. The highest BCUT2D eigenvalue weighted by molar-refractivity contribution is 5.98. The topological polar surface area (TPSA) is 75.6 Å². The average molecular weight is 347 g/mol. The minimum absolute atomic E-state index is 0.1000. The van der Waals surface area contributed by atoms with Gasteiger partial charge in [-0.3, -0.25) is 9.89 Å². The van der Waals surface area contributed by atoms with Crippen molar-refractivity contribution in [2.75, 3.05) is 5.32 Å². The number of carbonyl (C=O) groups is 1. The number of halogens is 1. The number of aromatic nitrogens is 4. The molecule has 1 amide bonds. The zero-order chi connectivity index (χ0) is 17.7. The molecule has 0 aliphatic carbocycles. The lowest BCUT2D eigenvalue weighted by atomic mass is 9.83. The van der Waals surface area contributed by atoms with Crippen LogP contribution in [0.4, 0.5) is 10.1 Å². The molecule has 2 aromatic heterocycles. The van der Waals surface area contributed by atoms with Gasteiger partial charge in [0.05, 0.1) is 17.4 Å². The number of anilines is 1. The number of carbonyl (C=O) groups excluding carboxylic acids is 1. The van der Waals surface area contributed by atoms with Gasteiger partial charge in [0, 0.05) is 35.8 Å². The Labute approximate surface area is 147 Å². The lowest BCUT2D eigenvalue weighted by Crippen LogP contribution is -2.24. The Bertz CT molecular complexity index is 1130. The van der Waals surface area contributed by atoms with Crippen molar-refractivity contribution in [3.05, 3.63) is 71.9 Å². The summed E-state index contributed by atoms with van der Waals surface area (Å²) in [4.78, 5) is 12.3. The van der Waals surface area contributed by atoms with E-state index in [4.69, 9.17) is 0 Å². The van der Waals surface area contributed by atoms with Crippen LogP contribution in [0, 0.1) is 5.82 Å². The van der Waals surface area contributed by atoms with Gasteiger partial charge >= 0.3 is 0 Å². The Hall–Kier alpha value is -3.48. The zero-order valence-electron chi connectivity index (χ0n) is 13.6. The van der Waals surface area contributed by atoms with Gasteiger partial charge in [-0.05, 0) is 47.5 Å². The number of benzene rings is 2. The summed E-state index contributed by atoms with van der Waals surface area (Å²) in [5, 5.41) is 15.1. The van der Waals surface area contributed by atoms with Gasteiger partial charge < -0.3 is 5.32 Å². The van der Waals surface area contributed by atoms with Crippen LogP contribution in [-0.2, 0) is 4.79 Å². The molecule has 0 spiro atoms. The number of rotatable bonds is 2. The molecule has 0 unspecified atom stereocenters. The summed E-state index contributed by atoms with van der Waals surface area (Å²) in [6.07, 6.45) is 5.46. The number of nitrogens with zero attached hydrogens (tertiary/aromatic N) is 3. The second-order valence-corrected chi connectivity index (χ2v) is 6.36. The number of aromatic amines is 1. The van der Waals surface area contributed by atoms with E-state index in [0.717, 1.165) is 33.4 Å². The minimum atomic E-state index is -0.340. The minimum Gasteiger partial charge on any atom is -0.326 e. The molecule has 26 heavy (non-hydrogen) atoms. The standard InChI is InChI=1S/C19H14FN5O/c20-12-2-3-18(25-5-1-4-22-25)15(7-12)13-8-19(26)23-17-9-16-11(6-14(13)17)10-21-24-16/h1-7,9-10,13H,8H2,(H,21,24)(H,23,26)/t13-/m0/s1. The SMILES string of the molecule is O=C1C[C@H](c2cc(F)ccc2-n2cccn2)c2cc3cn[nH]c3cc2N1. The molecule has 0 fully saturated rings. The normalized spacial score (nSPS) is 16.5. The summed E-state index contributed by atoms with van der Waals surface area (Å²) in [5.74, 6) is -0.710. The Balaban J connectivity index is 1.74. The van der Waals surface area contributed by atoms with E-state index in [1.807, 2.05) is 18.2 Å². The van der Waals surface area contributed by atoms with E-state index in [1.165, 1.54) is 12.1 Å². The van der Waals surface area contributed by atoms with Crippen LogP contribution in [0.3, 0.4) is 0 Å². The van der Waals surface area contributed by atoms with E-state index in [1.54, 1.807) is 29.3 Å². The van der Waals surface area contributed by atoms with E-state index in [0.29, 0.717) is 0 Å². The number of hydrogen-bond donors (Lipinski definition) is 2. The summed E-state index contributed by atoms with van der Waals surface area (Å²) in [6.45, 7) is 0. The Kier molecular flexibility index (Phi) is 3.15. The Morgan fingerprint density at radius 2 is 2.12 bits per heavy atom. The molecule has 0 radical (unpaired) electrons. The lowest BCUT2D eigenvalue weighted by molar-refractivity contribution is -0.116. The van der Waals surface area contributed by atoms with Crippen molar-refractivity contribution in [1.29, 1.82) is 0 Å². The third-order valence-corrected chi connectivity index (χ3v) is 4.77. The summed E-state index contributed by atoms with van der Waals surface area (Å²) < 4.78 is 15.8. The summed E-state index contributed by atoms with van der Waals surface area (Å²) in [7, 11) is 0. The number of H-pyrrole nitrogens is 1. The number of amides is 1. The Morgan fingerprint density at radius 3 is 2.96 bits per heavy atom. The molecule has 2 aromatic carbocycles.